The number of benzene rings is 1. The SMILES string of the molecule is CC(C)c1cc(C(=N)N)c2cc(Br)ccc2n1. The number of halogens is 1. The van der Waals surface area contributed by atoms with Crippen molar-refractivity contribution in [3.8, 4) is 0 Å². The van der Waals surface area contributed by atoms with E-state index in [4.69, 9.17) is 11.1 Å². The normalized spacial score (nSPS) is 11.1. The maximum atomic E-state index is 7.66. The van der Waals surface area contributed by atoms with Crippen molar-refractivity contribution in [2.75, 3.05) is 0 Å². The third kappa shape index (κ3) is 2.31. The highest BCUT2D eigenvalue weighted by Gasteiger charge is 2.10. The average Bonchev–Trinajstić information content (AvgIpc) is 2.27. The van der Waals surface area contributed by atoms with E-state index in [0.717, 1.165) is 26.6 Å². The monoisotopic (exact) mass is 291 g/mol. The standard InChI is InChI=1S/C13H14BrN3/c1-7(2)12-6-10(13(15)16)9-5-8(14)3-4-11(9)17-12/h3-7H,1-2H3,(H3,15,16). The van der Waals surface area contributed by atoms with Gasteiger partial charge in [0, 0.05) is 21.1 Å². The fourth-order valence-electron chi connectivity index (χ4n) is 1.74. The minimum Gasteiger partial charge on any atom is -0.384 e. The number of amidine groups is 1. The van der Waals surface area contributed by atoms with Crippen molar-refractivity contribution in [2.45, 2.75) is 19.8 Å². The predicted octanol–water partition coefficient (Wildman–Crippen LogP) is 3.40. The second-order valence-electron chi connectivity index (χ2n) is 4.32. The number of nitrogens with one attached hydrogen (secondary N) is 1. The predicted molar refractivity (Wildman–Crippen MR) is 74.5 cm³/mol. The van der Waals surface area contributed by atoms with Crippen molar-refractivity contribution < 1.29 is 0 Å². The van der Waals surface area contributed by atoms with Gasteiger partial charge >= 0.3 is 0 Å². The van der Waals surface area contributed by atoms with E-state index in [1.807, 2.05) is 24.3 Å². The molecule has 0 aliphatic heterocycles. The summed E-state index contributed by atoms with van der Waals surface area (Å²) in [5, 5.41) is 8.57. The first-order chi connectivity index (χ1) is 7.99. The minimum atomic E-state index is 0.0809. The Labute approximate surface area is 109 Å². The van der Waals surface area contributed by atoms with Crippen LogP contribution in [0.3, 0.4) is 0 Å². The van der Waals surface area contributed by atoms with Crippen LogP contribution in [0.5, 0.6) is 0 Å². The first-order valence-electron chi connectivity index (χ1n) is 5.43. The number of nitrogens with two attached hydrogens (primary N) is 1. The first-order valence-corrected chi connectivity index (χ1v) is 6.23. The Morgan fingerprint density at radius 3 is 2.65 bits per heavy atom. The van der Waals surface area contributed by atoms with Gasteiger partial charge in [0.1, 0.15) is 5.84 Å². The molecule has 1 aromatic heterocycles. The van der Waals surface area contributed by atoms with Gasteiger partial charge in [0.15, 0.2) is 0 Å². The summed E-state index contributed by atoms with van der Waals surface area (Å²) in [7, 11) is 0. The zero-order chi connectivity index (χ0) is 12.6. The molecule has 1 heterocycles. The summed E-state index contributed by atoms with van der Waals surface area (Å²) in [4.78, 5) is 4.59. The van der Waals surface area contributed by atoms with Gasteiger partial charge in [0.25, 0.3) is 0 Å². The number of fused-ring (bicyclic) bond motifs is 1. The van der Waals surface area contributed by atoms with E-state index >= 15 is 0 Å². The Morgan fingerprint density at radius 1 is 1.35 bits per heavy atom. The summed E-state index contributed by atoms with van der Waals surface area (Å²) in [5.74, 6) is 0.401. The molecular weight excluding hydrogens is 278 g/mol. The van der Waals surface area contributed by atoms with Gasteiger partial charge in [-0.1, -0.05) is 29.8 Å². The quantitative estimate of drug-likeness (QED) is 0.658. The van der Waals surface area contributed by atoms with Crippen LogP contribution in [0.1, 0.15) is 31.0 Å². The largest absolute Gasteiger partial charge is 0.384 e. The van der Waals surface area contributed by atoms with E-state index in [-0.39, 0.29) is 5.84 Å². The molecule has 0 fully saturated rings. The van der Waals surface area contributed by atoms with Crippen molar-refractivity contribution in [3.63, 3.8) is 0 Å². The number of hydrogen-bond donors (Lipinski definition) is 2. The lowest BCUT2D eigenvalue weighted by Crippen LogP contribution is -2.13. The first kappa shape index (κ1) is 12.0. The van der Waals surface area contributed by atoms with Gasteiger partial charge in [-0.05, 0) is 30.2 Å². The Morgan fingerprint density at radius 2 is 2.06 bits per heavy atom. The Kier molecular flexibility index (Phi) is 3.15. The molecule has 0 bridgehead atoms. The van der Waals surface area contributed by atoms with Crippen LogP contribution >= 0.6 is 15.9 Å². The van der Waals surface area contributed by atoms with Gasteiger partial charge < -0.3 is 5.73 Å². The van der Waals surface area contributed by atoms with Crippen LogP contribution in [0.25, 0.3) is 10.9 Å². The molecule has 0 unspecified atom stereocenters. The van der Waals surface area contributed by atoms with Crippen LogP contribution < -0.4 is 5.73 Å². The molecule has 3 nitrogen and oxygen atoms in total. The van der Waals surface area contributed by atoms with E-state index in [0.29, 0.717) is 5.92 Å². The molecule has 88 valence electrons. The summed E-state index contributed by atoms with van der Waals surface area (Å²) in [6, 6.07) is 7.74. The van der Waals surface area contributed by atoms with E-state index < -0.39 is 0 Å². The molecule has 0 radical (unpaired) electrons. The second-order valence-corrected chi connectivity index (χ2v) is 5.24. The molecule has 0 atom stereocenters. The van der Waals surface area contributed by atoms with Gasteiger partial charge in [-0.3, -0.25) is 10.4 Å². The summed E-state index contributed by atoms with van der Waals surface area (Å²) in [5.41, 5.74) is 8.23. The van der Waals surface area contributed by atoms with Crippen LogP contribution in [-0.4, -0.2) is 10.8 Å². The highest BCUT2D eigenvalue weighted by atomic mass is 79.9. The van der Waals surface area contributed by atoms with Crippen molar-refractivity contribution >= 4 is 32.7 Å². The van der Waals surface area contributed by atoms with E-state index in [9.17, 15) is 0 Å². The molecule has 0 aliphatic rings. The third-order valence-electron chi connectivity index (χ3n) is 2.67. The van der Waals surface area contributed by atoms with Crippen molar-refractivity contribution in [2.24, 2.45) is 5.73 Å². The van der Waals surface area contributed by atoms with Crippen LogP contribution in [-0.2, 0) is 0 Å². The van der Waals surface area contributed by atoms with Crippen LogP contribution in [0, 0.1) is 5.41 Å². The summed E-state index contributed by atoms with van der Waals surface area (Å²) in [6.07, 6.45) is 0. The second kappa shape index (κ2) is 4.45. The molecule has 1 aromatic carbocycles. The van der Waals surface area contributed by atoms with Gasteiger partial charge in [-0.15, -0.1) is 0 Å². The molecule has 0 saturated heterocycles. The number of rotatable bonds is 2. The minimum absolute atomic E-state index is 0.0809. The van der Waals surface area contributed by atoms with Gasteiger partial charge in [-0.25, -0.2) is 0 Å². The fraction of sp³-hybridized carbons (Fsp3) is 0.231. The maximum Gasteiger partial charge on any atom is 0.123 e. The van der Waals surface area contributed by atoms with Gasteiger partial charge in [-0.2, -0.15) is 0 Å². The molecule has 4 heteroatoms. The zero-order valence-electron chi connectivity index (χ0n) is 9.79. The molecule has 0 spiro atoms. The lowest BCUT2D eigenvalue weighted by atomic mass is 10.0. The highest BCUT2D eigenvalue weighted by Crippen LogP contribution is 2.25. The fourth-order valence-corrected chi connectivity index (χ4v) is 2.10. The van der Waals surface area contributed by atoms with Gasteiger partial charge in [0.2, 0.25) is 0 Å². The van der Waals surface area contributed by atoms with E-state index in [2.05, 4.69) is 34.8 Å². The molecular formula is C13H14BrN3. The molecule has 2 rings (SSSR count). The molecule has 0 amide bonds. The summed E-state index contributed by atoms with van der Waals surface area (Å²) >= 11 is 3.42. The van der Waals surface area contributed by atoms with Crippen LogP contribution in [0.4, 0.5) is 0 Å². The molecule has 17 heavy (non-hydrogen) atoms. The summed E-state index contributed by atoms with van der Waals surface area (Å²) in [6.45, 7) is 4.16. The van der Waals surface area contributed by atoms with E-state index in [1.54, 1.807) is 0 Å². The lowest BCUT2D eigenvalue weighted by molar-refractivity contribution is 0.829. The lowest BCUT2D eigenvalue weighted by Gasteiger charge is -2.11. The topological polar surface area (TPSA) is 62.8 Å². The van der Waals surface area contributed by atoms with Gasteiger partial charge in [0.05, 0.1) is 5.52 Å². The number of hydrogen-bond acceptors (Lipinski definition) is 2. The highest BCUT2D eigenvalue weighted by molar-refractivity contribution is 9.10. The van der Waals surface area contributed by atoms with Crippen LogP contribution in [0.15, 0.2) is 28.7 Å². The zero-order valence-corrected chi connectivity index (χ0v) is 11.4. The molecule has 3 N–H and O–H groups in total. The Balaban J connectivity index is 2.81. The van der Waals surface area contributed by atoms with E-state index in [1.165, 1.54) is 0 Å². The third-order valence-corrected chi connectivity index (χ3v) is 3.17. The van der Waals surface area contributed by atoms with Crippen LogP contribution in [0.2, 0.25) is 0 Å². The number of nitrogens with zero attached hydrogens (tertiary/aromatic N) is 1. The summed E-state index contributed by atoms with van der Waals surface area (Å²) < 4.78 is 0.964. The van der Waals surface area contributed by atoms with Crippen molar-refractivity contribution in [3.05, 3.63) is 40.0 Å². The molecule has 0 aliphatic carbocycles. The smallest absolute Gasteiger partial charge is 0.123 e. The molecule has 0 saturated carbocycles. The maximum absolute atomic E-state index is 7.66. The number of pyridine rings is 1. The number of aromatic nitrogens is 1. The average molecular weight is 292 g/mol. The Bertz CT molecular complexity index is 590. The molecule has 2 aromatic rings. The Hall–Kier alpha value is -1.42. The van der Waals surface area contributed by atoms with Crippen molar-refractivity contribution in [1.29, 1.82) is 5.41 Å². The number of nitrogen functional groups attached to an aromatic ring is 1. The van der Waals surface area contributed by atoms with Crippen molar-refractivity contribution in [1.82, 2.24) is 4.98 Å².